The third-order valence-corrected chi connectivity index (χ3v) is 2.98. The van der Waals surface area contributed by atoms with Gasteiger partial charge in [0.15, 0.2) is 0 Å². The van der Waals surface area contributed by atoms with E-state index in [1.165, 1.54) is 6.42 Å². The van der Waals surface area contributed by atoms with Crippen molar-refractivity contribution >= 4 is 5.91 Å². The molecule has 1 aromatic rings. The van der Waals surface area contributed by atoms with E-state index in [1.54, 1.807) is 0 Å². The minimum absolute atomic E-state index is 0.0195. The van der Waals surface area contributed by atoms with Gasteiger partial charge in [0.05, 0.1) is 12.6 Å². The molecule has 92 valence electrons. The Balaban J connectivity index is 1.96. The molecule has 17 heavy (non-hydrogen) atoms. The van der Waals surface area contributed by atoms with Crippen molar-refractivity contribution in [2.45, 2.75) is 31.9 Å². The summed E-state index contributed by atoms with van der Waals surface area (Å²) in [4.78, 5) is 11.1. The maximum absolute atomic E-state index is 11.1. The molecule has 1 aliphatic carbocycles. The minimum atomic E-state index is -0.150. The highest BCUT2D eigenvalue weighted by Gasteiger charge is 2.20. The number of para-hydroxylation sites is 1. The summed E-state index contributed by atoms with van der Waals surface area (Å²) in [6.45, 7) is 0.491. The Morgan fingerprint density at radius 2 is 2.18 bits per heavy atom. The van der Waals surface area contributed by atoms with Crippen molar-refractivity contribution in [3.63, 3.8) is 0 Å². The smallest absolute Gasteiger partial charge is 0.234 e. The van der Waals surface area contributed by atoms with Crippen LogP contribution in [0.1, 0.15) is 24.8 Å². The molecule has 1 fully saturated rings. The molecule has 0 aliphatic heterocycles. The van der Waals surface area contributed by atoms with E-state index >= 15 is 0 Å². The second-order valence-corrected chi connectivity index (χ2v) is 4.26. The second-order valence-electron chi connectivity index (χ2n) is 4.26. The lowest BCUT2D eigenvalue weighted by Crippen LogP contribution is -2.30. The third-order valence-electron chi connectivity index (χ3n) is 2.98. The SMILES string of the molecule is NCC(=O)NCc1ccccc1OC1CCC1. The van der Waals surface area contributed by atoms with Crippen LogP contribution in [0.4, 0.5) is 0 Å². The maximum atomic E-state index is 11.1. The quantitative estimate of drug-likeness (QED) is 0.804. The minimum Gasteiger partial charge on any atom is -0.490 e. The number of carbonyl (C=O) groups excluding carboxylic acids is 1. The van der Waals surface area contributed by atoms with E-state index in [0.29, 0.717) is 12.6 Å². The maximum Gasteiger partial charge on any atom is 0.234 e. The first-order chi connectivity index (χ1) is 8.29. The van der Waals surface area contributed by atoms with E-state index in [0.717, 1.165) is 24.2 Å². The summed E-state index contributed by atoms with van der Waals surface area (Å²) < 4.78 is 5.86. The summed E-state index contributed by atoms with van der Waals surface area (Å²) in [6, 6.07) is 7.80. The lowest BCUT2D eigenvalue weighted by molar-refractivity contribution is -0.119. The van der Waals surface area contributed by atoms with Crippen molar-refractivity contribution in [1.82, 2.24) is 5.32 Å². The molecule has 2 rings (SSSR count). The zero-order valence-corrected chi connectivity index (χ0v) is 9.82. The Labute approximate surface area is 101 Å². The summed E-state index contributed by atoms with van der Waals surface area (Å²) in [6.07, 6.45) is 3.85. The highest BCUT2D eigenvalue weighted by molar-refractivity contribution is 5.77. The number of nitrogens with one attached hydrogen (secondary N) is 1. The molecule has 0 atom stereocenters. The number of hydrogen-bond donors (Lipinski definition) is 2. The number of rotatable bonds is 5. The van der Waals surface area contributed by atoms with Crippen LogP contribution in [0.3, 0.4) is 0 Å². The Hall–Kier alpha value is -1.55. The molecule has 0 aromatic heterocycles. The molecule has 0 spiro atoms. The highest BCUT2D eigenvalue weighted by atomic mass is 16.5. The normalized spacial score (nSPS) is 15.1. The lowest BCUT2D eigenvalue weighted by Gasteiger charge is -2.27. The predicted octanol–water partition coefficient (Wildman–Crippen LogP) is 1.19. The van der Waals surface area contributed by atoms with Gasteiger partial charge in [0.1, 0.15) is 5.75 Å². The van der Waals surface area contributed by atoms with Crippen LogP contribution in [-0.2, 0) is 11.3 Å². The van der Waals surface area contributed by atoms with Gasteiger partial charge in [0, 0.05) is 12.1 Å². The average Bonchev–Trinajstić information content (AvgIpc) is 2.32. The molecule has 1 aliphatic rings. The summed E-state index contributed by atoms with van der Waals surface area (Å²) in [5.41, 5.74) is 6.24. The molecule has 0 unspecified atom stereocenters. The molecule has 1 amide bonds. The number of benzene rings is 1. The summed E-state index contributed by atoms with van der Waals surface area (Å²) in [5, 5.41) is 2.75. The summed E-state index contributed by atoms with van der Waals surface area (Å²) >= 11 is 0. The van der Waals surface area contributed by atoms with Crippen LogP contribution in [0.5, 0.6) is 5.75 Å². The van der Waals surface area contributed by atoms with E-state index in [9.17, 15) is 4.79 Å². The number of hydrogen-bond acceptors (Lipinski definition) is 3. The van der Waals surface area contributed by atoms with Gasteiger partial charge in [-0.1, -0.05) is 18.2 Å². The standard InChI is InChI=1S/C13H18N2O2/c14-8-13(16)15-9-10-4-1-2-7-12(10)17-11-5-3-6-11/h1-2,4,7,11H,3,5-6,8-9,14H2,(H,15,16). The molecule has 0 saturated heterocycles. The predicted molar refractivity (Wildman–Crippen MR) is 65.6 cm³/mol. The van der Waals surface area contributed by atoms with Crippen molar-refractivity contribution in [2.75, 3.05) is 6.54 Å². The molecule has 0 radical (unpaired) electrons. The van der Waals surface area contributed by atoms with Crippen LogP contribution >= 0.6 is 0 Å². The molecule has 3 N–H and O–H groups in total. The van der Waals surface area contributed by atoms with Gasteiger partial charge in [-0.05, 0) is 25.3 Å². The first-order valence-corrected chi connectivity index (χ1v) is 6.01. The Bertz CT molecular complexity index is 389. The van der Waals surface area contributed by atoms with Crippen molar-refractivity contribution < 1.29 is 9.53 Å². The van der Waals surface area contributed by atoms with E-state index in [1.807, 2.05) is 24.3 Å². The Morgan fingerprint density at radius 3 is 2.82 bits per heavy atom. The van der Waals surface area contributed by atoms with Crippen LogP contribution in [0.15, 0.2) is 24.3 Å². The summed E-state index contributed by atoms with van der Waals surface area (Å²) in [5.74, 6) is 0.720. The highest BCUT2D eigenvalue weighted by Crippen LogP contribution is 2.27. The summed E-state index contributed by atoms with van der Waals surface area (Å²) in [7, 11) is 0. The van der Waals surface area contributed by atoms with Gasteiger partial charge in [0.25, 0.3) is 0 Å². The van der Waals surface area contributed by atoms with Crippen LogP contribution < -0.4 is 15.8 Å². The first-order valence-electron chi connectivity index (χ1n) is 6.01. The van der Waals surface area contributed by atoms with Gasteiger partial charge >= 0.3 is 0 Å². The number of amides is 1. The van der Waals surface area contributed by atoms with Crippen LogP contribution in [0.25, 0.3) is 0 Å². The molecule has 4 heteroatoms. The fraction of sp³-hybridized carbons (Fsp3) is 0.462. The molecule has 0 heterocycles. The second kappa shape index (κ2) is 5.68. The van der Waals surface area contributed by atoms with E-state index in [4.69, 9.17) is 10.5 Å². The fourth-order valence-electron chi connectivity index (χ4n) is 1.70. The Morgan fingerprint density at radius 1 is 1.41 bits per heavy atom. The van der Waals surface area contributed by atoms with E-state index < -0.39 is 0 Å². The number of nitrogens with two attached hydrogens (primary N) is 1. The molecule has 0 bridgehead atoms. The fourth-order valence-corrected chi connectivity index (χ4v) is 1.70. The van der Waals surface area contributed by atoms with Crippen LogP contribution in [-0.4, -0.2) is 18.6 Å². The molecular weight excluding hydrogens is 216 g/mol. The van der Waals surface area contributed by atoms with Gasteiger partial charge < -0.3 is 15.8 Å². The van der Waals surface area contributed by atoms with Crippen LogP contribution in [0.2, 0.25) is 0 Å². The van der Waals surface area contributed by atoms with Gasteiger partial charge in [0.2, 0.25) is 5.91 Å². The lowest BCUT2D eigenvalue weighted by atomic mass is 9.96. The van der Waals surface area contributed by atoms with Crippen LogP contribution in [0, 0.1) is 0 Å². The average molecular weight is 234 g/mol. The largest absolute Gasteiger partial charge is 0.490 e. The Kier molecular flexibility index (Phi) is 3.98. The first kappa shape index (κ1) is 11.9. The molecule has 1 aromatic carbocycles. The third kappa shape index (κ3) is 3.20. The topological polar surface area (TPSA) is 64.4 Å². The van der Waals surface area contributed by atoms with Crippen molar-refractivity contribution in [3.05, 3.63) is 29.8 Å². The van der Waals surface area contributed by atoms with Gasteiger partial charge in [-0.25, -0.2) is 0 Å². The van der Waals surface area contributed by atoms with Gasteiger partial charge in [-0.3, -0.25) is 4.79 Å². The van der Waals surface area contributed by atoms with Crippen molar-refractivity contribution in [3.8, 4) is 5.75 Å². The zero-order valence-electron chi connectivity index (χ0n) is 9.82. The van der Waals surface area contributed by atoms with Crippen molar-refractivity contribution in [1.29, 1.82) is 0 Å². The number of carbonyl (C=O) groups is 1. The molecule has 1 saturated carbocycles. The van der Waals surface area contributed by atoms with E-state index in [2.05, 4.69) is 5.32 Å². The molecule has 4 nitrogen and oxygen atoms in total. The number of ether oxygens (including phenoxy) is 1. The molecular formula is C13H18N2O2. The van der Waals surface area contributed by atoms with Gasteiger partial charge in [-0.15, -0.1) is 0 Å². The monoisotopic (exact) mass is 234 g/mol. The van der Waals surface area contributed by atoms with Gasteiger partial charge in [-0.2, -0.15) is 0 Å². The zero-order chi connectivity index (χ0) is 12.1. The van der Waals surface area contributed by atoms with E-state index in [-0.39, 0.29) is 12.5 Å². The van der Waals surface area contributed by atoms with Crippen molar-refractivity contribution in [2.24, 2.45) is 5.73 Å².